The molecule has 19 heavy (non-hydrogen) atoms. The predicted octanol–water partition coefficient (Wildman–Crippen LogP) is 3.60. The Hall–Kier alpha value is -1.59. The fraction of sp³-hybridized carbons (Fsp3) is 0.231. The second-order valence-electron chi connectivity index (χ2n) is 4.36. The van der Waals surface area contributed by atoms with Crippen molar-refractivity contribution in [1.82, 2.24) is 14.8 Å². The minimum atomic E-state index is 0.729. The van der Waals surface area contributed by atoms with Crippen LogP contribution in [0.5, 0.6) is 0 Å². The van der Waals surface area contributed by atoms with Crippen molar-refractivity contribution >= 4 is 38.3 Å². The third-order valence-corrected chi connectivity index (χ3v) is 4.33. The van der Waals surface area contributed by atoms with Gasteiger partial charge in [-0.25, -0.2) is 4.98 Å². The second-order valence-corrected chi connectivity index (χ2v) is 5.83. The van der Waals surface area contributed by atoms with Gasteiger partial charge in [-0.1, -0.05) is 22.9 Å². The summed E-state index contributed by atoms with van der Waals surface area (Å²) in [7, 11) is 1.94. The van der Waals surface area contributed by atoms with Crippen molar-refractivity contribution in [3.05, 3.63) is 40.7 Å². The molecule has 0 amide bonds. The monoisotopic (exact) mass is 292 g/mol. The van der Waals surface area contributed by atoms with Gasteiger partial charge in [0, 0.05) is 29.9 Å². The van der Waals surface area contributed by atoms with E-state index in [-0.39, 0.29) is 0 Å². The van der Waals surface area contributed by atoms with Crippen molar-refractivity contribution < 1.29 is 0 Å². The van der Waals surface area contributed by atoms with E-state index in [0.29, 0.717) is 0 Å². The second kappa shape index (κ2) is 4.83. The van der Waals surface area contributed by atoms with E-state index in [0.717, 1.165) is 32.6 Å². The first-order chi connectivity index (χ1) is 9.13. The van der Waals surface area contributed by atoms with Crippen molar-refractivity contribution in [2.75, 3.05) is 5.32 Å². The van der Waals surface area contributed by atoms with E-state index in [9.17, 15) is 0 Å². The summed E-state index contributed by atoms with van der Waals surface area (Å²) in [5, 5.41) is 9.20. The van der Waals surface area contributed by atoms with E-state index in [1.54, 1.807) is 11.3 Å². The SMILES string of the molecule is Cc1c(CNc2nc3ccc(Cl)cc3s2)cnn1C. The summed E-state index contributed by atoms with van der Waals surface area (Å²) >= 11 is 7.58. The molecule has 0 saturated heterocycles. The van der Waals surface area contributed by atoms with E-state index in [1.807, 2.05) is 36.1 Å². The number of thiazole rings is 1. The third-order valence-electron chi connectivity index (χ3n) is 3.12. The molecule has 2 heterocycles. The Morgan fingerprint density at radius 3 is 3.00 bits per heavy atom. The lowest BCUT2D eigenvalue weighted by Gasteiger charge is -2.01. The third kappa shape index (κ3) is 2.43. The molecule has 0 aliphatic carbocycles. The molecule has 0 fully saturated rings. The number of hydrogen-bond donors (Lipinski definition) is 1. The molecule has 0 spiro atoms. The minimum Gasteiger partial charge on any atom is -0.357 e. The first-order valence-corrected chi connectivity index (χ1v) is 7.10. The fourth-order valence-corrected chi connectivity index (χ4v) is 3.00. The summed E-state index contributed by atoms with van der Waals surface area (Å²) < 4.78 is 2.97. The van der Waals surface area contributed by atoms with Crippen molar-refractivity contribution in [2.45, 2.75) is 13.5 Å². The van der Waals surface area contributed by atoms with Gasteiger partial charge in [-0.15, -0.1) is 0 Å². The number of anilines is 1. The Morgan fingerprint density at radius 1 is 1.42 bits per heavy atom. The lowest BCUT2D eigenvalue weighted by Crippen LogP contribution is -2.00. The highest BCUT2D eigenvalue weighted by atomic mass is 35.5. The van der Waals surface area contributed by atoms with Gasteiger partial charge in [0.05, 0.1) is 16.4 Å². The average molecular weight is 293 g/mol. The minimum absolute atomic E-state index is 0.729. The summed E-state index contributed by atoms with van der Waals surface area (Å²) in [6.07, 6.45) is 1.88. The molecule has 4 nitrogen and oxygen atoms in total. The molecule has 6 heteroatoms. The van der Waals surface area contributed by atoms with Gasteiger partial charge in [0.1, 0.15) is 0 Å². The average Bonchev–Trinajstić information content (AvgIpc) is 2.92. The Morgan fingerprint density at radius 2 is 2.26 bits per heavy atom. The molecule has 0 aliphatic rings. The molecule has 0 aliphatic heterocycles. The standard InChI is InChI=1S/C13H13ClN4S/c1-8-9(7-16-18(8)2)6-15-13-17-11-4-3-10(14)5-12(11)19-13/h3-5,7H,6H2,1-2H3,(H,15,17). The molecule has 1 aromatic carbocycles. The van der Waals surface area contributed by atoms with Crippen LogP contribution in [-0.2, 0) is 13.6 Å². The number of nitrogens with one attached hydrogen (secondary N) is 1. The van der Waals surface area contributed by atoms with Crippen LogP contribution >= 0.6 is 22.9 Å². The normalized spacial score (nSPS) is 11.1. The zero-order valence-corrected chi connectivity index (χ0v) is 12.2. The molecule has 1 N–H and O–H groups in total. The van der Waals surface area contributed by atoms with Gasteiger partial charge < -0.3 is 5.32 Å². The van der Waals surface area contributed by atoms with Crippen LogP contribution in [0.3, 0.4) is 0 Å². The maximum Gasteiger partial charge on any atom is 0.184 e. The molecule has 3 rings (SSSR count). The topological polar surface area (TPSA) is 42.7 Å². The van der Waals surface area contributed by atoms with Gasteiger partial charge in [0.2, 0.25) is 0 Å². The van der Waals surface area contributed by atoms with Crippen LogP contribution in [0, 0.1) is 6.92 Å². The summed E-state index contributed by atoms with van der Waals surface area (Å²) in [6, 6.07) is 5.74. The fourth-order valence-electron chi connectivity index (χ4n) is 1.86. The Balaban J connectivity index is 1.80. The van der Waals surface area contributed by atoms with Crippen LogP contribution in [-0.4, -0.2) is 14.8 Å². The van der Waals surface area contributed by atoms with Crippen molar-refractivity contribution in [3.8, 4) is 0 Å². The Bertz CT molecular complexity index is 731. The lowest BCUT2D eigenvalue weighted by atomic mass is 10.2. The highest BCUT2D eigenvalue weighted by Gasteiger charge is 2.06. The molecule has 0 bridgehead atoms. The van der Waals surface area contributed by atoms with Crippen LogP contribution in [0.2, 0.25) is 5.02 Å². The maximum absolute atomic E-state index is 5.97. The number of rotatable bonds is 3. The highest BCUT2D eigenvalue weighted by molar-refractivity contribution is 7.22. The van der Waals surface area contributed by atoms with Gasteiger partial charge >= 0.3 is 0 Å². The number of nitrogens with zero attached hydrogens (tertiary/aromatic N) is 3. The quantitative estimate of drug-likeness (QED) is 0.802. The van der Waals surface area contributed by atoms with Gasteiger partial charge in [0.25, 0.3) is 0 Å². The van der Waals surface area contributed by atoms with E-state index >= 15 is 0 Å². The summed E-state index contributed by atoms with van der Waals surface area (Å²) in [5.74, 6) is 0. The number of halogens is 1. The molecular weight excluding hydrogens is 280 g/mol. The number of benzene rings is 1. The summed E-state index contributed by atoms with van der Waals surface area (Å²) in [4.78, 5) is 4.53. The van der Waals surface area contributed by atoms with E-state index in [4.69, 9.17) is 11.6 Å². The van der Waals surface area contributed by atoms with Crippen molar-refractivity contribution in [1.29, 1.82) is 0 Å². The molecular formula is C13H13ClN4S. The first-order valence-electron chi connectivity index (χ1n) is 5.91. The Kier molecular flexibility index (Phi) is 3.16. The largest absolute Gasteiger partial charge is 0.357 e. The Labute approximate surface area is 120 Å². The van der Waals surface area contributed by atoms with Crippen LogP contribution in [0.15, 0.2) is 24.4 Å². The number of aromatic nitrogens is 3. The van der Waals surface area contributed by atoms with Crippen LogP contribution in [0.4, 0.5) is 5.13 Å². The van der Waals surface area contributed by atoms with Gasteiger partial charge in [0.15, 0.2) is 5.13 Å². The van der Waals surface area contributed by atoms with Crippen molar-refractivity contribution in [2.24, 2.45) is 7.05 Å². The zero-order valence-electron chi connectivity index (χ0n) is 10.6. The lowest BCUT2D eigenvalue weighted by molar-refractivity contribution is 0.738. The van der Waals surface area contributed by atoms with E-state index < -0.39 is 0 Å². The molecule has 98 valence electrons. The highest BCUT2D eigenvalue weighted by Crippen LogP contribution is 2.28. The molecule has 0 saturated carbocycles. The number of aryl methyl sites for hydroxylation is 1. The van der Waals surface area contributed by atoms with Gasteiger partial charge in [-0.3, -0.25) is 4.68 Å². The summed E-state index contributed by atoms with van der Waals surface area (Å²) in [6.45, 7) is 2.79. The zero-order chi connectivity index (χ0) is 13.4. The molecule has 3 aromatic rings. The molecule has 0 unspecified atom stereocenters. The molecule has 2 aromatic heterocycles. The van der Waals surface area contributed by atoms with Gasteiger partial charge in [-0.2, -0.15) is 5.10 Å². The van der Waals surface area contributed by atoms with Crippen LogP contribution < -0.4 is 5.32 Å². The number of hydrogen-bond acceptors (Lipinski definition) is 4. The smallest absolute Gasteiger partial charge is 0.184 e. The maximum atomic E-state index is 5.97. The summed E-state index contributed by atoms with van der Waals surface area (Å²) in [5.41, 5.74) is 3.32. The van der Waals surface area contributed by atoms with Gasteiger partial charge in [-0.05, 0) is 25.1 Å². The first kappa shape index (κ1) is 12.4. The van der Waals surface area contributed by atoms with Crippen molar-refractivity contribution in [3.63, 3.8) is 0 Å². The van der Waals surface area contributed by atoms with Crippen LogP contribution in [0.1, 0.15) is 11.3 Å². The number of fused-ring (bicyclic) bond motifs is 1. The predicted molar refractivity (Wildman–Crippen MR) is 79.9 cm³/mol. The van der Waals surface area contributed by atoms with Crippen LogP contribution in [0.25, 0.3) is 10.2 Å². The molecule has 0 atom stereocenters. The van der Waals surface area contributed by atoms with E-state index in [1.165, 1.54) is 5.56 Å². The van der Waals surface area contributed by atoms with E-state index in [2.05, 4.69) is 22.3 Å². The molecule has 0 radical (unpaired) electrons.